The zero-order valence-corrected chi connectivity index (χ0v) is 17.8. The highest BCUT2D eigenvalue weighted by Gasteiger charge is 2.30. The number of thioether (sulfide) groups is 1. The minimum Gasteiger partial charge on any atom is -0.370 e. The van der Waals surface area contributed by atoms with E-state index in [9.17, 15) is 4.79 Å². The lowest BCUT2D eigenvalue weighted by Crippen LogP contribution is -2.33. The maximum absolute atomic E-state index is 12.6. The molecule has 29 heavy (non-hydrogen) atoms. The Kier molecular flexibility index (Phi) is 5.52. The number of nitrogens with zero attached hydrogens (tertiary/aromatic N) is 2. The standard InChI is InChI=1S/C24H24N2O2S/c1-16-8-7-11-18(12-16)22-25-20-13-24(2,3)28-14-19(20)23(26-22)29-15-21(27)17-9-5-4-6-10-17/h4-12H,13-15H2,1-3H3. The van der Waals surface area contributed by atoms with Crippen LogP contribution in [-0.2, 0) is 17.8 Å². The summed E-state index contributed by atoms with van der Waals surface area (Å²) in [6.07, 6.45) is 0.726. The van der Waals surface area contributed by atoms with E-state index in [0.717, 1.165) is 33.8 Å². The third-order valence-electron chi connectivity index (χ3n) is 4.97. The van der Waals surface area contributed by atoms with Gasteiger partial charge in [0, 0.05) is 23.1 Å². The summed E-state index contributed by atoms with van der Waals surface area (Å²) in [5, 5.41) is 0.839. The molecule has 1 aliphatic rings. The smallest absolute Gasteiger partial charge is 0.173 e. The van der Waals surface area contributed by atoms with Gasteiger partial charge in [-0.1, -0.05) is 65.9 Å². The maximum atomic E-state index is 12.6. The first-order valence-electron chi connectivity index (χ1n) is 9.73. The molecule has 0 fully saturated rings. The van der Waals surface area contributed by atoms with Crippen LogP contribution in [0, 0.1) is 6.92 Å². The Morgan fingerprint density at radius 1 is 1.10 bits per heavy atom. The van der Waals surface area contributed by atoms with Crippen LogP contribution in [-0.4, -0.2) is 27.1 Å². The lowest BCUT2D eigenvalue weighted by Gasteiger charge is -2.32. The molecule has 0 amide bonds. The number of carbonyl (C=O) groups excluding carboxylic acids is 1. The summed E-state index contributed by atoms with van der Waals surface area (Å²) in [6.45, 7) is 6.69. The molecule has 1 aliphatic heterocycles. The highest BCUT2D eigenvalue weighted by Crippen LogP contribution is 2.34. The molecule has 5 heteroatoms. The Balaban J connectivity index is 1.68. The van der Waals surface area contributed by atoms with Crippen LogP contribution in [0.1, 0.15) is 41.0 Å². The molecule has 0 atom stereocenters. The second kappa shape index (κ2) is 8.09. The van der Waals surface area contributed by atoms with Crippen molar-refractivity contribution < 1.29 is 9.53 Å². The lowest BCUT2D eigenvalue weighted by atomic mass is 9.96. The van der Waals surface area contributed by atoms with Gasteiger partial charge in [-0.25, -0.2) is 9.97 Å². The Morgan fingerprint density at radius 3 is 2.66 bits per heavy atom. The molecular formula is C24H24N2O2S. The summed E-state index contributed by atoms with van der Waals surface area (Å²) in [5.41, 5.74) is 4.65. The molecule has 0 saturated carbocycles. The van der Waals surface area contributed by atoms with Crippen molar-refractivity contribution in [1.29, 1.82) is 0 Å². The van der Waals surface area contributed by atoms with Crippen molar-refractivity contribution >= 4 is 17.5 Å². The van der Waals surface area contributed by atoms with Crippen molar-refractivity contribution in [3.8, 4) is 11.4 Å². The van der Waals surface area contributed by atoms with Gasteiger partial charge in [-0.15, -0.1) is 0 Å². The maximum Gasteiger partial charge on any atom is 0.173 e. The molecule has 0 saturated heterocycles. The zero-order valence-electron chi connectivity index (χ0n) is 16.9. The van der Waals surface area contributed by atoms with Crippen LogP contribution in [0.4, 0.5) is 0 Å². The Bertz CT molecular complexity index is 1050. The molecule has 3 aromatic rings. The van der Waals surface area contributed by atoms with E-state index in [4.69, 9.17) is 14.7 Å². The van der Waals surface area contributed by atoms with E-state index in [1.807, 2.05) is 42.5 Å². The van der Waals surface area contributed by atoms with Crippen LogP contribution in [0.2, 0.25) is 0 Å². The fourth-order valence-electron chi connectivity index (χ4n) is 3.39. The number of aryl methyl sites for hydroxylation is 1. The largest absolute Gasteiger partial charge is 0.370 e. The van der Waals surface area contributed by atoms with Crippen LogP contribution < -0.4 is 0 Å². The number of ether oxygens (including phenoxy) is 1. The molecule has 1 aromatic heterocycles. The normalized spacial score (nSPS) is 15.0. The van der Waals surface area contributed by atoms with Crippen molar-refractivity contribution in [2.24, 2.45) is 0 Å². The molecule has 148 valence electrons. The van der Waals surface area contributed by atoms with Gasteiger partial charge in [0.1, 0.15) is 5.03 Å². The minimum absolute atomic E-state index is 0.0946. The molecule has 0 radical (unpaired) electrons. The van der Waals surface area contributed by atoms with E-state index in [1.54, 1.807) is 0 Å². The quantitative estimate of drug-likeness (QED) is 0.329. The molecule has 4 rings (SSSR count). The van der Waals surface area contributed by atoms with Crippen LogP contribution in [0.15, 0.2) is 59.6 Å². The second-order valence-corrected chi connectivity index (χ2v) is 8.91. The molecule has 0 bridgehead atoms. The van der Waals surface area contributed by atoms with Gasteiger partial charge in [-0.2, -0.15) is 0 Å². The SMILES string of the molecule is Cc1cccc(-c2nc3c(c(SCC(=O)c4ccccc4)n2)COC(C)(C)C3)c1. The Labute approximate surface area is 175 Å². The Hall–Kier alpha value is -2.50. The summed E-state index contributed by atoms with van der Waals surface area (Å²) in [6, 6.07) is 17.6. The van der Waals surface area contributed by atoms with Gasteiger partial charge in [-0.05, 0) is 26.8 Å². The van der Waals surface area contributed by atoms with E-state index in [1.165, 1.54) is 17.3 Å². The first-order chi connectivity index (χ1) is 13.9. The average Bonchev–Trinajstić information content (AvgIpc) is 2.71. The van der Waals surface area contributed by atoms with E-state index in [0.29, 0.717) is 18.2 Å². The lowest BCUT2D eigenvalue weighted by molar-refractivity contribution is -0.0428. The number of Topliss-reactive ketones (excluding diaryl/α,β-unsaturated/α-hetero) is 1. The summed E-state index contributed by atoms with van der Waals surface area (Å²) in [7, 11) is 0. The molecule has 0 spiro atoms. The van der Waals surface area contributed by atoms with Crippen LogP contribution in [0.3, 0.4) is 0 Å². The number of benzene rings is 2. The first kappa shape index (κ1) is 19.8. The van der Waals surface area contributed by atoms with Crippen molar-refractivity contribution in [1.82, 2.24) is 9.97 Å². The van der Waals surface area contributed by atoms with Crippen molar-refractivity contribution in [2.75, 3.05) is 5.75 Å². The molecule has 0 unspecified atom stereocenters. The first-order valence-corrected chi connectivity index (χ1v) is 10.7. The van der Waals surface area contributed by atoms with Crippen LogP contribution >= 0.6 is 11.8 Å². The molecular weight excluding hydrogens is 380 g/mol. The highest BCUT2D eigenvalue weighted by molar-refractivity contribution is 8.00. The van der Waals surface area contributed by atoms with E-state index in [2.05, 4.69) is 32.9 Å². The number of hydrogen-bond acceptors (Lipinski definition) is 5. The summed E-state index contributed by atoms with van der Waals surface area (Å²) in [5.74, 6) is 1.14. The fourth-order valence-corrected chi connectivity index (χ4v) is 4.33. The third-order valence-corrected chi connectivity index (χ3v) is 5.98. The second-order valence-electron chi connectivity index (χ2n) is 7.95. The Morgan fingerprint density at radius 2 is 1.90 bits per heavy atom. The van der Waals surface area contributed by atoms with Gasteiger partial charge >= 0.3 is 0 Å². The number of ketones is 1. The van der Waals surface area contributed by atoms with E-state index >= 15 is 0 Å². The fraction of sp³-hybridized carbons (Fsp3) is 0.292. The van der Waals surface area contributed by atoms with Gasteiger partial charge in [0.2, 0.25) is 0 Å². The van der Waals surface area contributed by atoms with Gasteiger partial charge in [-0.3, -0.25) is 4.79 Å². The molecule has 0 aliphatic carbocycles. The molecule has 4 nitrogen and oxygen atoms in total. The minimum atomic E-state index is -0.257. The molecule has 2 heterocycles. The average molecular weight is 405 g/mol. The molecule has 2 aromatic carbocycles. The van der Waals surface area contributed by atoms with Gasteiger partial charge < -0.3 is 4.74 Å². The van der Waals surface area contributed by atoms with Crippen molar-refractivity contribution in [3.63, 3.8) is 0 Å². The predicted octanol–water partition coefficient (Wildman–Crippen LogP) is 5.28. The number of hydrogen-bond donors (Lipinski definition) is 0. The number of aromatic nitrogens is 2. The van der Waals surface area contributed by atoms with Gasteiger partial charge in [0.05, 0.1) is 23.7 Å². The number of rotatable bonds is 5. The summed E-state index contributed by atoms with van der Waals surface area (Å²) >= 11 is 1.47. The molecule has 0 N–H and O–H groups in total. The predicted molar refractivity (Wildman–Crippen MR) is 116 cm³/mol. The van der Waals surface area contributed by atoms with Gasteiger partial charge in [0.25, 0.3) is 0 Å². The van der Waals surface area contributed by atoms with E-state index < -0.39 is 0 Å². The highest BCUT2D eigenvalue weighted by atomic mass is 32.2. The number of carbonyl (C=O) groups is 1. The van der Waals surface area contributed by atoms with Crippen LogP contribution in [0.5, 0.6) is 0 Å². The summed E-state index contributed by atoms with van der Waals surface area (Å²) in [4.78, 5) is 22.3. The zero-order chi connectivity index (χ0) is 20.4. The van der Waals surface area contributed by atoms with E-state index in [-0.39, 0.29) is 11.4 Å². The number of fused-ring (bicyclic) bond motifs is 1. The monoisotopic (exact) mass is 404 g/mol. The van der Waals surface area contributed by atoms with Crippen molar-refractivity contribution in [2.45, 2.75) is 44.4 Å². The third kappa shape index (κ3) is 4.57. The topological polar surface area (TPSA) is 52.1 Å². The summed E-state index contributed by atoms with van der Waals surface area (Å²) < 4.78 is 6.01. The van der Waals surface area contributed by atoms with Crippen molar-refractivity contribution in [3.05, 3.63) is 77.0 Å². The van der Waals surface area contributed by atoms with Gasteiger partial charge in [0.15, 0.2) is 11.6 Å². The van der Waals surface area contributed by atoms with Crippen LogP contribution in [0.25, 0.3) is 11.4 Å².